The van der Waals surface area contributed by atoms with Gasteiger partial charge in [0.15, 0.2) is 5.82 Å². The van der Waals surface area contributed by atoms with Crippen LogP contribution in [0.25, 0.3) is 0 Å². The summed E-state index contributed by atoms with van der Waals surface area (Å²) in [5.74, 6) is 0.0611. The van der Waals surface area contributed by atoms with Gasteiger partial charge in [-0.15, -0.1) is 0 Å². The molecule has 112 valence electrons. The van der Waals surface area contributed by atoms with Crippen LogP contribution < -0.4 is 10.5 Å². The molecule has 1 aromatic rings. The number of aromatic nitrogens is 2. The number of sulfonamides is 1. The van der Waals surface area contributed by atoms with Crippen LogP contribution in [0.4, 0.5) is 5.82 Å². The first-order valence-corrected chi connectivity index (χ1v) is 8.51. The SMILES string of the molecule is CCCn1cc(S(=O)(=O)NCCC2=CCCC2)c(N)n1. The monoisotopic (exact) mass is 298 g/mol. The van der Waals surface area contributed by atoms with Crippen molar-refractivity contribution in [3.63, 3.8) is 0 Å². The molecule has 0 aromatic carbocycles. The van der Waals surface area contributed by atoms with Crippen LogP contribution in [0.3, 0.4) is 0 Å². The van der Waals surface area contributed by atoms with Crippen molar-refractivity contribution in [3.8, 4) is 0 Å². The maximum atomic E-state index is 12.2. The predicted octanol–water partition coefficient (Wildman–Crippen LogP) is 1.65. The van der Waals surface area contributed by atoms with E-state index in [1.165, 1.54) is 18.2 Å². The molecule has 0 saturated carbocycles. The Morgan fingerprint density at radius 3 is 2.95 bits per heavy atom. The average molecular weight is 298 g/mol. The molecule has 1 aliphatic carbocycles. The van der Waals surface area contributed by atoms with Gasteiger partial charge >= 0.3 is 0 Å². The number of nitrogens with two attached hydrogens (primary N) is 1. The highest BCUT2D eigenvalue weighted by molar-refractivity contribution is 7.89. The molecule has 20 heavy (non-hydrogen) atoms. The molecule has 3 N–H and O–H groups in total. The van der Waals surface area contributed by atoms with Crippen LogP contribution in [0.2, 0.25) is 0 Å². The first kappa shape index (κ1) is 15.1. The Labute approximate surface area is 120 Å². The molecule has 0 fully saturated rings. The van der Waals surface area contributed by atoms with E-state index in [2.05, 4.69) is 15.9 Å². The van der Waals surface area contributed by atoms with Crippen LogP contribution >= 0.6 is 0 Å². The quantitative estimate of drug-likeness (QED) is 0.749. The zero-order chi connectivity index (χ0) is 14.6. The van der Waals surface area contributed by atoms with Crippen LogP contribution in [-0.2, 0) is 16.6 Å². The molecule has 0 unspecified atom stereocenters. The standard InChI is InChI=1S/C13H22N4O2S/c1-2-9-17-10-12(13(14)16-17)20(18,19)15-8-7-11-5-3-4-6-11/h5,10,15H,2-4,6-9H2,1H3,(H2,14,16). The summed E-state index contributed by atoms with van der Waals surface area (Å²) in [5, 5.41) is 4.02. The number of nitrogen functional groups attached to an aromatic ring is 1. The minimum atomic E-state index is -3.57. The number of nitrogens with zero attached hydrogens (tertiary/aromatic N) is 2. The van der Waals surface area contributed by atoms with Gasteiger partial charge in [0.25, 0.3) is 0 Å². The summed E-state index contributed by atoms with van der Waals surface area (Å²) < 4.78 is 28.5. The highest BCUT2D eigenvalue weighted by atomic mass is 32.2. The van der Waals surface area contributed by atoms with Crippen LogP contribution in [0.1, 0.15) is 39.0 Å². The Kier molecular flexibility index (Phi) is 4.82. The van der Waals surface area contributed by atoms with Gasteiger partial charge in [-0.05, 0) is 32.1 Å². The van der Waals surface area contributed by atoms with E-state index in [0.717, 1.165) is 25.7 Å². The van der Waals surface area contributed by atoms with E-state index in [4.69, 9.17) is 5.73 Å². The molecule has 0 atom stereocenters. The lowest BCUT2D eigenvalue weighted by Gasteiger charge is -2.05. The number of hydrogen-bond acceptors (Lipinski definition) is 4. The number of nitrogens with one attached hydrogen (secondary N) is 1. The molecule has 6 nitrogen and oxygen atoms in total. The van der Waals surface area contributed by atoms with E-state index in [-0.39, 0.29) is 10.7 Å². The molecule has 0 bridgehead atoms. The Bertz CT molecular complexity index is 590. The third kappa shape index (κ3) is 3.61. The topological polar surface area (TPSA) is 90.0 Å². The minimum Gasteiger partial charge on any atom is -0.381 e. The van der Waals surface area contributed by atoms with Gasteiger partial charge in [-0.25, -0.2) is 13.1 Å². The van der Waals surface area contributed by atoms with Crippen LogP contribution in [-0.4, -0.2) is 24.7 Å². The van der Waals surface area contributed by atoms with Crippen molar-refractivity contribution in [3.05, 3.63) is 17.8 Å². The largest absolute Gasteiger partial charge is 0.381 e. The van der Waals surface area contributed by atoms with Gasteiger partial charge in [-0.2, -0.15) is 5.10 Å². The molecule has 2 rings (SSSR count). The van der Waals surface area contributed by atoms with Gasteiger partial charge in [0.1, 0.15) is 4.90 Å². The van der Waals surface area contributed by atoms with Crippen molar-refractivity contribution in [2.24, 2.45) is 0 Å². The molecule has 1 heterocycles. The maximum absolute atomic E-state index is 12.2. The second kappa shape index (κ2) is 6.41. The van der Waals surface area contributed by atoms with Gasteiger partial charge < -0.3 is 5.73 Å². The second-order valence-corrected chi connectivity index (χ2v) is 6.78. The van der Waals surface area contributed by atoms with Gasteiger partial charge in [-0.1, -0.05) is 18.6 Å². The lowest BCUT2D eigenvalue weighted by Crippen LogP contribution is -2.25. The summed E-state index contributed by atoms with van der Waals surface area (Å²) in [4.78, 5) is 0.0753. The van der Waals surface area contributed by atoms with Gasteiger partial charge in [-0.3, -0.25) is 4.68 Å². The molecular formula is C13H22N4O2S. The van der Waals surface area contributed by atoms with E-state index in [9.17, 15) is 8.42 Å². The predicted molar refractivity (Wildman–Crippen MR) is 78.7 cm³/mol. The Hall–Kier alpha value is -1.34. The maximum Gasteiger partial charge on any atom is 0.245 e. The molecular weight excluding hydrogens is 276 g/mol. The lowest BCUT2D eigenvalue weighted by atomic mass is 10.2. The van der Waals surface area contributed by atoms with Crippen molar-refractivity contribution in [1.82, 2.24) is 14.5 Å². The average Bonchev–Trinajstić information content (AvgIpc) is 2.99. The molecule has 0 spiro atoms. The van der Waals surface area contributed by atoms with Gasteiger partial charge in [0.05, 0.1) is 0 Å². The molecule has 0 amide bonds. The van der Waals surface area contributed by atoms with Gasteiger partial charge in [0.2, 0.25) is 10.0 Å². The summed E-state index contributed by atoms with van der Waals surface area (Å²) in [6, 6.07) is 0. The van der Waals surface area contributed by atoms with E-state index < -0.39 is 10.0 Å². The fourth-order valence-electron chi connectivity index (χ4n) is 2.36. The lowest BCUT2D eigenvalue weighted by molar-refractivity contribution is 0.579. The first-order valence-electron chi connectivity index (χ1n) is 7.03. The van der Waals surface area contributed by atoms with Crippen LogP contribution in [0.15, 0.2) is 22.7 Å². The number of aryl methyl sites for hydroxylation is 1. The number of allylic oxidation sites excluding steroid dienone is 1. The normalized spacial score (nSPS) is 15.6. The summed E-state index contributed by atoms with van der Waals surface area (Å²) in [5.41, 5.74) is 7.02. The third-order valence-corrected chi connectivity index (χ3v) is 4.85. The van der Waals surface area contributed by atoms with Crippen molar-refractivity contribution in [2.75, 3.05) is 12.3 Å². The Morgan fingerprint density at radius 1 is 1.50 bits per heavy atom. The van der Waals surface area contributed by atoms with E-state index in [1.54, 1.807) is 4.68 Å². The van der Waals surface area contributed by atoms with Crippen molar-refractivity contribution in [2.45, 2.75) is 50.5 Å². The highest BCUT2D eigenvalue weighted by Gasteiger charge is 2.20. The van der Waals surface area contributed by atoms with E-state index in [1.807, 2.05) is 6.92 Å². The smallest absolute Gasteiger partial charge is 0.245 e. The second-order valence-electron chi connectivity index (χ2n) is 5.04. The summed E-state index contributed by atoms with van der Waals surface area (Å²) in [6.45, 7) is 3.07. The summed E-state index contributed by atoms with van der Waals surface area (Å²) in [7, 11) is -3.57. The fourth-order valence-corrected chi connectivity index (χ4v) is 3.46. The summed E-state index contributed by atoms with van der Waals surface area (Å²) >= 11 is 0. The Balaban J connectivity index is 1.98. The van der Waals surface area contributed by atoms with Crippen molar-refractivity contribution in [1.29, 1.82) is 0 Å². The third-order valence-electron chi connectivity index (χ3n) is 3.37. The molecule has 0 radical (unpaired) electrons. The number of rotatable bonds is 7. The minimum absolute atomic E-state index is 0.0611. The van der Waals surface area contributed by atoms with E-state index in [0.29, 0.717) is 13.1 Å². The zero-order valence-electron chi connectivity index (χ0n) is 11.8. The van der Waals surface area contributed by atoms with Crippen molar-refractivity contribution < 1.29 is 8.42 Å². The van der Waals surface area contributed by atoms with Crippen LogP contribution in [0.5, 0.6) is 0 Å². The molecule has 0 aliphatic heterocycles. The molecule has 0 saturated heterocycles. The molecule has 1 aromatic heterocycles. The Morgan fingerprint density at radius 2 is 2.30 bits per heavy atom. The van der Waals surface area contributed by atoms with E-state index >= 15 is 0 Å². The molecule has 1 aliphatic rings. The molecule has 7 heteroatoms. The number of anilines is 1. The zero-order valence-corrected chi connectivity index (χ0v) is 12.6. The summed E-state index contributed by atoms with van der Waals surface area (Å²) in [6.07, 6.45) is 8.71. The fraction of sp³-hybridized carbons (Fsp3) is 0.615. The van der Waals surface area contributed by atoms with Crippen molar-refractivity contribution >= 4 is 15.8 Å². The first-order chi connectivity index (χ1) is 9.53. The van der Waals surface area contributed by atoms with Crippen LogP contribution in [0, 0.1) is 0 Å². The van der Waals surface area contributed by atoms with Gasteiger partial charge in [0, 0.05) is 19.3 Å². The number of hydrogen-bond donors (Lipinski definition) is 2. The highest BCUT2D eigenvalue weighted by Crippen LogP contribution is 2.21.